The van der Waals surface area contributed by atoms with Gasteiger partial charge in [0.1, 0.15) is 0 Å². The van der Waals surface area contributed by atoms with Crippen LogP contribution < -0.4 is 17.2 Å². The first kappa shape index (κ1) is 23.6. The van der Waals surface area contributed by atoms with Crippen molar-refractivity contribution in [3.63, 3.8) is 0 Å². The van der Waals surface area contributed by atoms with Gasteiger partial charge >= 0.3 is 0 Å². The summed E-state index contributed by atoms with van der Waals surface area (Å²) < 4.78 is 0. The van der Waals surface area contributed by atoms with Crippen LogP contribution in [0.15, 0.2) is 127 Å². The van der Waals surface area contributed by atoms with Crippen LogP contribution in [0.5, 0.6) is 0 Å². The zero-order valence-corrected chi connectivity index (χ0v) is 21.9. The molecule has 1 heterocycles. The molecule has 0 spiro atoms. The molecule has 0 saturated carbocycles. The van der Waals surface area contributed by atoms with Crippen molar-refractivity contribution < 1.29 is 0 Å². The van der Waals surface area contributed by atoms with E-state index in [1.165, 1.54) is 0 Å². The first-order valence-electron chi connectivity index (χ1n) is 13.3. The van der Waals surface area contributed by atoms with Gasteiger partial charge in [-0.2, -0.15) is 0 Å². The minimum atomic E-state index is 0.540. The summed E-state index contributed by atoms with van der Waals surface area (Å²) in [5.41, 5.74) is 31.9. The lowest BCUT2D eigenvalue weighted by molar-refractivity contribution is 1.52. The summed E-state index contributed by atoms with van der Waals surface area (Å²) in [5.74, 6) is 0. The van der Waals surface area contributed by atoms with E-state index in [2.05, 4.69) is 102 Å². The highest BCUT2D eigenvalue weighted by Crippen LogP contribution is 2.54. The lowest BCUT2D eigenvalue weighted by Gasteiger charge is -2.24. The first-order chi connectivity index (χ1) is 19.6. The van der Waals surface area contributed by atoms with E-state index in [0.29, 0.717) is 17.1 Å². The zero-order chi connectivity index (χ0) is 27.2. The van der Waals surface area contributed by atoms with Crippen LogP contribution in [-0.4, -0.2) is 4.98 Å². The molecule has 7 N–H and O–H groups in total. The van der Waals surface area contributed by atoms with Crippen molar-refractivity contribution >= 4 is 38.9 Å². The van der Waals surface area contributed by atoms with E-state index in [1.807, 2.05) is 18.2 Å². The van der Waals surface area contributed by atoms with Gasteiger partial charge in [0.25, 0.3) is 0 Å². The minimum Gasteiger partial charge on any atom is -0.399 e. The van der Waals surface area contributed by atoms with E-state index >= 15 is 0 Å². The van der Waals surface area contributed by atoms with Gasteiger partial charge in [0.15, 0.2) is 0 Å². The van der Waals surface area contributed by atoms with E-state index in [4.69, 9.17) is 17.2 Å². The van der Waals surface area contributed by atoms with Crippen molar-refractivity contribution in [2.45, 2.75) is 0 Å². The van der Waals surface area contributed by atoms with Crippen molar-refractivity contribution in [2.75, 3.05) is 17.2 Å². The molecule has 4 nitrogen and oxygen atoms in total. The summed E-state index contributed by atoms with van der Waals surface area (Å²) in [6, 6.07) is 43.6. The molecule has 7 aromatic rings. The zero-order valence-electron chi connectivity index (χ0n) is 21.9. The molecular weight excluding hydrogens is 488 g/mol. The number of nitrogens with one attached hydrogen (secondary N) is 1. The van der Waals surface area contributed by atoms with E-state index in [1.54, 1.807) is 12.1 Å². The van der Waals surface area contributed by atoms with Crippen LogP contribution in [-0.2, 0) is 0 Å². The highest BCUT2D eigenvalue weighted by Gasteiger charge is 2.28. The van der Waals surface area contributed by atoms with E-state index in [9.17, 15) is 0 Å². The smallest absolute Gasteiger partial charge is 0.0557 e. The fourth-order valence-electron chi connectivity index (χ4n) is 6.02. The summed E-state index contributed by atoms with van der Waals surface area (Å²) in [4.78, 5) is 3.80. The number of benzene rings is 6. The number of H-pyrrole nitrogens is 1. The largest absolute Gasteiger partial charge is 0.399 e. The summed E-state index contributed by atoms with van der Waals surface area (Å²) in [6.07, 6.45) is 0. The van der Waals surface area contributed by atoms with Crippen molar-refractivity contribution in [1.82, 2.24) is 4.98 Å². The number of fused-ring (bicyclic) bond motifs is 3. The van der Waals surface area contributed by atoms with Crippen LogP contribution in [0.1, 0.15) is 0 Å². The molecule has 0 amide bonds. The molecule has 0 aliphatic carbocycles. The van der Waals surface area contributed by atoms with Gasteiger partial charge in [-0.3, -0.25) is 0 Å². The number of aromatic amines is 1. The fourth-order valence-corrected chi connectivity index (χ4v) is 6.02. The molecule has 0 atom stereocenters. The molecule has 0 saturated heterocycles. The molecule has 6 aromatic carbocycles. The second kappa shape index (κ2) is 9.37. The van der Waals surface area contributed by atoms with Crippen LogP contribution in [0, 0.1) is 0 Å². The number of aromatic nitrogens is 1. The lowest BCUT2D eigenvalue weighted by atomic mass is 9.79. The molecule has 0 fully saturated rings. The summed E-state index contributed by atoms with van der Waals surface area (Å²) in [7, 11) is 0. The van der Waals surface area contributed by atoms with Gasteiger partial charge in [-0.25, -0.2) is 0 Å². The SMILES string of the molecule is Nc1cc(N)c(-c2c(-c3ccccc3)c(-c3ccccc3)c3[nH]c4ccccc4c3c2-c2ccccc2)c(N)c1. The number of hydrogen-bond donors (Lipinski definition) is 4. The highest BCUT2D eigenvalue weighted by molar-refractivity contribution is 6.26. The van der Waals surface area contributed by atoms with Crippen LogP contribution >= 0.6 is 0 Å². The van der Waals surface area contributed by atoms with Crippen LogP contribution in [0.25, 0.3) is 66.3 Å². The first-order valence-corrected chi connectivity index (χ1v) is 13.3. The molecule has 0 aliphatic heterocycles. The maximum atomic E-state index is 6.80. The standard InChI is InChI=1S/C36H28N4/c37-25-20-27(38)34(28(39)21-25)35-30(22-12-4-1-5-13-22)32(24-16-8-3-9-17-24)36-33(26-18-10-11-19-29(26)40-36)31(35)23-14-6-2-7-15-23/h1-21,40H,37-39H2. The van der Waals surface area contributed by atoms with Crippen molar-refractivity contribution in [1.29, 1.82) is 0 Å². The van der Waals surface area contributed by atoms with Gasteiger partial charge in [-0.05, 0) is 34.9 Å². The molecule has 0 radical (unpaired) electrons. The van der Waals surface area contributed by atoms with Gasteiger partial charge in [-0.1, -0.05) is 109 Å². The number of para-hydroxylation sites is 1. The lowest BCUT2D eigenvalue weighted by Crippen LogP contribution is -2.03. The Balaban J connectivity index is 1.84. The predicted octanol–water partition coefficient (Wildman–Crippen LogP) is 8.74. The Labute approximate surface area is 232 Å². The molecule has 7 rings (SSSR count). The Morgan fingerprint density at radius 2 is 0.900 bits per heavy atom. The normalized spacial score (nSPS) is 11.3. The van der Waals surface area contributed by atoms with Gasteiger partial charge in [0.05, 0.1) is 5.52 Å². The predicted molar refractivity (Wildman–Crippen MR) is 171 cm³/mol. The number of nitrogens with two attached hydrogens (primary N) is 3. The second-order valence-electron chi connectivity index (χ2n) is 10.1. The third-order valence-electron chi connectivity index (χ3n) is 7.62. The van der Waals surface area contributed by atoms with Crippen LogP contribution in [0.3, 0.4) is 0 Å². The third kappa shape index (κ3) is 3.69. The molecule has 0 unspecified atom stereocenters. The number of anilines is 3. The molecule has 0 bridgehead atoms. The van der Waals surface area contributed by atoms with Crippen molar-refractivity contribution in [3.8, 4) is 44.5 Å². The van der Waals surface area contributed by atoms with Crippen molar-refractivity contribution in [2.24, 2.45) is 0 Å². The van der Waals surface area contributed by atoms with Gasteiger partial charge in [-0.15, -0.1) is 0 Å². The van der Waals surface area contributed by atoms with Gasteiger partial charge in [0.2, 0.25) is 0 Å². The topological polar surface area (TPSA) is 93.8 Å². The monoisotopic (exact) mass is 516 g/mol. The molecule has 40 heavy (non-hydrogen) atoms. The molecule has 192 valence electrons. The molecule has 4 heteroatoms. The van der Waals surface area contributed by atoms with Crippen LogP contribution in [0.2, 0.25) is 0 Å². The molecule has 0 aliphatic rings. The van der Waals surface area contributed by atoms with E-state index < -0.39 is 0 Å². The molecular formula is C36H28N4. The number of rotatable bonds is 4. The maximum absolute atomic E-state index is 6.80. The van der Waals surface area contributed by atoms with Gasteiger partial charge in [0, 0.05) is 61.2 Å². The molecule has 1 aromatic heterocycles. The Kier molecular flexibility index (Phi) is 5.53. The summed E-state index contributed by atoms with van der Waals surface area (Å²) in [6.45, 7) is 0. The Morgan fingerprint density at radius 1 is 0.425 bits per heavy atom. The number of nitrogen functional groups attached to an aromatic ring is 3. The van der Waals surface area contributed by atoms with Gasteiger partial charge < -0.3 is 22.2 Å². The van der Waals surface area contributed by atoms with E-state index in [-0.39, 0.29) is 0 Å². The number of hydrogen-bond acceptors (Lipinski definition) is 3. The quantitative estimate of drug-likeness (QED) is 0.176. The Morgan fingerprint density at radius 3 is 1.48 bits per heavy atom. The van der Waals surface area contributed by atoms with Crippen LogP contribution in [0.4, 0.5) is 17.1 Å². The average Bonchev–Trinajstić information content (AvgIpc) is 3.36. The summed E-state index contributed by atoms with van der Waals surface area (Å²) >= 11 is 0. The second-order valence-corrected chi connectivity index (χ2v) is 10.1. The Bertz CT molecular complexity index is 1980. The van der Waals surface area contributed by atoms with Crippen molar-refractivity contribution in [3.05, 3.63) is 127 Å². The highest BCUT2D eigenvalue weighted by atomic mass is 14.7. The Hall–Kier alpha value is -5.48. The van der Waals surface area contributed by atoms with E-state index in [0.717, 1.165) is 66.3 Å². The average molecular weight is 517 g/mol. The minimum absolute atomic E-state index is 0.540. The fraction of sp³-hybridized carbons (Fsp3) is 0. The summed E-state index contributed by atoms with van der Waals surface area (Å²) in [5, 5.41) is 2.27. The maximum Gasteiger partial charge on any atom is 0.0557 e. The third-order valence-corrected chi connectivity index (χ3v) is 7.62.